The van der Waals surface area contributed by atoms with Crippen LogP contribution < -0.4 is 4.31 Å². The number of halogens is 3. The molecule has 7 heteroatoms. The van der Waals surface area contributed by atoms with Crippen molar-refractivity contribution in [2.75, 3.05) is 10.8 Å². The molecule has 2 aromatic carbocycles. The van der Waals surface area contributed by atoms with Gasteiger partial charge < -0.3 is 0 Å². The molecule has 3 nitrogen and oxygen atoms in total. The molecule has 0 amide bonds. The Morgan fingerprint density at radius 1 is 1.10 bits per heavy atom. The Balaban J connectivity index is 2.09. The molecule has 1 heterocycles. The van der Waals surface area contributed by atoms with E-state index in [1.54, 1.807) is 6.07 Å². The maximum atomic E-state index is 13.6. The van der Waals surface area contributed by atoms with E-state index >= 15 is 0 Å². The molecule has 0 spiro atoms. The fourth-order valence-corrected chi connectivity index (χ4v) is 4.09. The van der Waals surface area contributed by atoms with Gasteiger partial charge >= 0.3 is 0 Å². The molecule has 0 atom stereocenters. The number of hydrogen-bond acceptors (Lipinski definition) is 2. The molecular weight excluding hydrogens is 364 g/mol. The second-order valence-corrected chi connectivity index (χ2v) is 7.39. The average molecular weight is 374 g/mol. The first-order valence-corrected chi connectivity index (χ1v) is 8.39. The fourth-order valence-electron chi connectivity index (χ4n) is 2.34. The predicted octanol–water partition coefficient (Wildman–Crippen LogP) is 3.48. The van der Waals surface area contributed by atoms with E-state index in [4.69, 9.17) is 0 Å². The Hall–Kier alpha value is -1.47. The van der Waals surface area contributed by atoms with E-state index in [1.807, 2.05) is 0 Å². The second-order valence-electron chi connectivity index (χ2n) is 4.68. The maximum absolute atomic E-state index is 13.6. The van der Waals surface area contributed by atoms with Gasteiger partial charge in [-0.25, -0.2) is 17.2 Å². The van der Waals surface area contributed by atoms with Crippen LogP contribution in [0.2, 0.25) is 0 Å². The van der Waals surface area contributed by atoms with Gasteiger partial charge in [0.05, 0.1) is 15.1 Å². The number of sulfonamides is 1. The first-order valence-electron chi connectivity index (χ1n) is 6.16. The van der Waals surface area contributed by atoms with Gasteiger partial charge in [-0.2, -0.15) is 0 Å². The van der Waals surface area contributed by atoms with Gasteiger partial charge in [0.15, 0.2) is 0 Å². The van der Waals surface area contributed by atoms with Gasteiger partial charge in [-0.1, -0.05) is 6.07 Å². The molecule has 21 heavy (non-hydrogen) atoms. The summed E-state index contributed by atoms with van der Waals surface area (Å²) in [4.78, 5) is -0.152. The summed E-state index contributed by atoms with van der Waals surface area (Å²) in [6, 6.07) is 7.67. The van der Waals surface area contributed by atoms with Crippen molar-refractivity contribution in [1.82, 2.24) is 0 Å². The Kier molecular flexibility index (Phi) is 3.49. The molecule has 0 saturated heterocycles. The molecule has 110 valence electrons. The molecule has 0 bridgehead atoms. The highest BCUT2D eigenvalue weighted by molar-refractivity contribution is 9.10. The van der Waals surface area contributed by atoms with E-state index < -0.39 is 21.7 Å². The number of nitrogens with zero attached hydrogens (tertiary/aromatic N) is 1. The van der Waals surface area contributed by atoms with Crippen LogP contribution in [-0.2, 0) is 16.4 Å². The standard InChI is InChI=1S/C14H10BrF2NO2S/c15-12-4-3-11(8-13(12)17)21(19,20)18-6-5-9-1-2-10(16)7-14(9)18/h1-4,7-8H,5-6H2. The largest absolute Gasteiger partial charge is 0.266 e. The fraction of sp³-hybridized carbons (Fsp3) is 0.143. The minimum atomic E-state index is -3.90. The minimum absolute atomic E-state index is 0.152. The number of benzene rings is 2. The molecule has 2 aromatic rings. The van der Waals surface area contributed by atoms with E-state index in [0.29, 0.717) is 12.1 Å². The van der Waals surface area contributed by atoms with Crippen molar-refractivity contribution in [3.05, 3.63) is 58.1 Å². The van der Waals surface area contributed by atoms with Crippen LogP contribution in [-0.4, -0.2) is 15.0 Å². The van der Waals surface area contributed by atoms with Crippen molar-refractivity contribution in [2.45, 2.75) is 11.3 Å². The number of anilines is 1. The summed E-state index contributed by atoms with van der Waals surface area (Å²) < 4.78 is 53.4. The summed E-state index contributed by atoms with van der Waals surface area (Å²) in [5.41, 5.74) is 1.08. The highest BCUT2D eigenvalue weighted by atomic mass is 79.9. The lowest BCUT2D eigenvalue weighted by molar-refractivity contribution is 0.586. The lowest BCUT2D eigenvalue weighted by atomic mass is 10.2. The quantitative estimate of drug-likeness (QED) is 0.807. The lowest BCUT2D eigenvalue weighted by Gasteiger charge is -2.19. The topological polar surface area (TPSA) is 37.4 Å². The first kappa shape index (κ1) is 14.5. The Morgan fingerprint density at radius 2 is 1.86 bits per heavy atom. The molecular formula is C14H10BrF2NO2S. The van der Waals surface area contributed by atoms with Gasteiger partial charge in [-0.15, -0.1) is 0 Å². The summed E-state index contributed by atoms with van der Waals surface area (Å²) in [5, 5.41) is 0. The van der Waals surface area contributed by atoms with E-state index in [-0.39, 0.29) is 15.9 Å². The third-order valence-corrected chi connectivity index (χ3v) is 5.83. The van der Waals surface area contributed by atoms with Crippen LogP contribution in [0, 0.1) is 11.6 Å². The van der Waals surface area contributed by atoms with Crippen molar-refractivity contribution in [3.63, 3.8) is 0 Å². The van der Waals surface area contributed by atoms with Crippen LogP contribution in [0.5, 0.6) is 0 Å². The van der Waals surface area contributed by atoms with Crippen LogP contribution in [0.15, 0.2) is 45.8 Å². The van der Waals surface area contributed by atoms with Crippen LogP contribution in [0.1, 0.15) is 5.56 Å². The van der Waals surface area contributed by atoms with E-state index in [2.05, 4.69) is 15.9 Å². The first-order chi connectivity index (χ1) is 9.89. The minimum Gasteiger partial charge on any atom is -0.266 e. The highest BCUT2D eigenvalue weighted by Crippen LogP contribution is 2.34. The van der Waals surface area contributed by atoms with Gasteiger partial charge in [0.2, 0.25) is 0 Å². The molecule has 1 aliphatic rings. The monoisotopic (exact) mass is 373 g/mol. The van der Waals surface area contributed by atoms with E-state index in [1.165, 1.54) is 24.3 Å². The normalized spacial score (nSPS) is 14.3. The smallest absolute Gasteiger partial charge is 0.264 e. The average Bonchev–Trinajstić information content (AvgIpc) is 2.85. The summed E-state index contributed by atoms with van der Waals surface area (Å²) in [5.74, 6) is -1.16. The number of fused-ring (bicyclic) bond motifs is 1. The molecule has 0 aromatic heterocycles. The maximum Gasteiger partial charge on any atom is 0.264 e. The second kappa shape index (κ2) is 5.06. The van der Waals surface area contributed by atoms with Crippen molar-refractivity contribution in [1.29, 1.82) is 0 Å². The molecule has 1 aliphatic heterocycles. The molecule has 3 rings (SSSR count). The third kappa shape index (κ3) is 2.44. The molecule has 0 N–H and O–H groups in total. The summed E-state index contributed by atoms with van der Waals surface area (Å²) in [6.07, 6.45) is 0.508. The zero-order valence-corrected chi connectivity index (χ0v) is 13.1. The van der Waals surface area contributed by atoms with Crippen molar-refractivity contribution >= 4 is 31.6 Å². The Morgan fingerprint density at radius 3 is 2.57 bits per heavy atom. The zero-order chi connectivity index (χ0) is 15.2. The van der Waals surface area contributed by atoms with Gasteiger partial charge in [-0.05, 0) is 58.2 Å². The van der Waals surface area contributed by atoms with Crippen molar-refractivity contribution < 1.29 is 17.2 Å². The van der Waals surface area contributed by atoms with Crippen LogP contribution in [0.3, 0.4) is 0 Å². The predicted molar refractivity (Wildman–Crippen MR) is 78.7 cm³/mol. The van der Waals surface area contributed by atoms with Crippen molar-refractivity contribution in [3.8, 4) is 0 Å². The van der Waals surface area contributed by atoms with Gasteiger partial charge in [-0.3, -0.25) is 4.31 Å². The van der Waals surface area contributed by atoms with Gasteiger partial charge in [0, 0.05) is 6.54 Å². The van der Waals surface area contributed by atoms with Crippen LogP contribution in [0.25, 0.3) is 0 Å². The molecule has 0 fully saturated rings. The number of hydrogen-bond donors (Lipinski definition) is 0. The SMILES string of the molecule is O=S(=O)(c1ccc(Br)c(F)c1)N1CCc2ccc(F)cc21. The van der Waals surface area contributed by atoms with E-state index in [0.717, 1.165) is 15.9 Å². The number of rotatable bonds is 2. The van der Waals surface area contributed by atoms with Crippen LogP contribution in [0.4, 0.5) is 14.5 Å². The summed E-state index contributed by atoms with van der Waals surface area (Å²) >= 11 is 2.98. The third-order valence-electron chi connectivity index (χ3n) is 3.38. The Labute approximate surface area is 129 Å². The highest BCUT2D eigenvalue weighted by Gasteiger charge is 2.31. The van der Waals surface area contributed by atoms with E-state index in [9.17, 15) is 17.2 Å². The molecule has 0 aliphatic carbocycles. The molecule has 0 radical (unpaired) electrons. The van der Waals surface area contributed by atoms with Crippen LogP contribution >= 0.6 is 15.9 Å². The molecule has 0 unspecified atom stereocenters. The van der Waals surface area contributed by atoms with Gasteiger partial charge in [0.25, 0.3) is 10.0 Å². The lowest BCUT2D eigenvalue weighted by Crippen LogP contribution is -2.29. The summed E-state index contributed by atoms with van der Waals surface area (Å²) in [7, 11) is -3.90. The molecule has 0 saturated carbocycles. The summed E-state index contributed by atoms with van der Waals surface area (Å²) in [6.45, 7) is 0.221. The van der Waals surface area contributed by atoms with Crippen molar-refractivity contribution in [2.24, 2.45) is 0 Å². The zero-order valence-electron chi connectivity index (χ0n) is 10.7. The Bertz CT molecular complexity index is 824. The van der Waals surface area contributed by atoms with Gasteiger partial charge in [0.1, 0.15) is 11.6 Å².